The Balaban J connectivity index is 1.78. The van der Waals surface area contributed by atoms with Crippen LogP contribution in [0.25, 0.3) is 0 Å². The Bertz CT molecular complexity index is 882. The summed E-state index contributed by atoms with van der Waals surface area (Å²) in [4.78, 5) is 30.7. The van der Waals surface area contributed by atoms with Gasteiger partial charge in [0.05, 0.1) is 23.4 Å². The molecule has 0 bridgehead atoms. The Morgan fingerprint density at radius 1 is 1.27 bits per heavy atom. The summed E-state index contributed by atoms with van der Waals surface area (Å²) in [6.45, 7) is 5.90. The van der Waals surface area contributed by atoms with E-state index in [1.165, 1.54) is 0 Å². The van der Waals surface area contributed by atoms with Gasteiger partial charge in [0.1, 0.15) is 6.17 Å². The Labute approximate surface area is 152 Å². The minimum Gasteiger partial charge on any atom is -0.462 e. The van der Waals surface area contributed by atoms with Crippen molar-refractivity contribution in [2.75, 3.05) is 11.9 Å². The summed E-state index contributed by atoms with van der Waals surface area (Å²) in [5, 5.41) is 3.49. The Morgan fingerprint density at radius 2 is 2.00 bits per heavy atom. The number of para-hydroxylation sites is 1. The maximum absolute atomic E-state index is 13.1. The zero-order valence-corrected chi connectivity index (χ0v) is 15.3. The number of ether oxygens (including phenoxy) is 1. The van der Waals surface area contributed by atoms with Gasteiger partial charge in [-0.15, -0.1) is 0 Å². The molecule has 2 N–H and O–H groups in total. The Hall–Kier alpha value is -2.76. The fourth-order valence-corrected chi connectivity index (χ4v) is 3.77. The lowest BCUT2D eigenvalue weighted by Crippen LogP contribution is -2.44. The van der Waals surface area contributed by atoms with Crippen LogP contribution in [0.5, 0.6) is 0 Å². The first-order chi connectivity index (χ1) is 12.5. The topological polar surface area (TPSA) is 74.4 Å². The molecule has 2 aliphatic rings. The molecule has 136 valence electrons. The quantitative estimate of drug-likeness (QED) is 0.825. The molecule has 1 aliphatic carbocycles. The highest BCUT2D eigenvalue weighted by Crippen LogP contribution is 2.41. The highest BCUT2D eigenvalue weighted by Gasteiger charge is 2.43. The van der Waals surface area contributed by atoms with E-state index in [4.69, 9.17) is 4.74 Å². The monoisotopic (exact) mass is 353 g/mol. The average Bonchev–Trinajstić information content (AvgIpc) is 3.40. The smallest absolute Gasteiger partial charge is 0.340 e. The van der Waals surface area contributed by atoms with E-state index in [0.29, 0.717) is 17.7 Å². The molecular weight excluding hydrogens is 330 g/mol. The molecule has 6 nitrogen and oxygen atoms in total. The number of nitrogens with one attached hydrogen (secondary N) is 2. The maximum Gasteiger partial charge on any atom is 0.340 e. The highest BCUT2D eigenvalue weighted by molar-refractivity contribution is 6.02. The molecule has 1 fully saturated rings. The first-order valence-electron chi connectivity index (χ1n) is 9.07. The normalized spacial score (nSPS) is 19.1. The van der Waals surface area contributed by atoms with E-state index in [9.17, 15) is 9.59 Å². The van der Waals surface area contributed by atoms with E-state index >= 15 is 0 Å². The van der Waals surface area contributed by atoms with Crippen molar-refractivity contribution < 1.29 is 14.3 Å². The maximum atomic E-state index is 13.1. The van der Waals surface area contributed by atoms with Gasteiger partial charge in [0.15, 0.2) is 0 Å². The number of fused-ring (bicyclic) bond motifs is 1. The van der Waals surface area contributed by atoms with Gasteiger partial charge < -0.3 is 19.9 Å². The Morgan fingerprint density at radius 3 is 2.69 bits per heavy atom. The van der Waals surface area contributed by atoms with Crippen LogP contribution in [0.1, 0.15) is 63.6 Å². The molecule has 0 saturated heterocycles. The molecule has 1 amide bonds. The second kappa shape index (κ2) is 6.20. The minimum absolute atomic E-state index is 0.0381. The summed E-state index contributed by atoms with van der Waals surface area (Å²) in [5.41, 5.74) is 4.52. The standard InChI is InChI=1S/C20H23N3O3/c1-4-26-20(25)16-11(2)17(21-12(16)3)18-22-15-8-6-5-7-14(15)19(24)23(18)13-9-10-13/h5-8,13,18,21-22H,4,9-10H2,1-3H3/t18-/m1/s1. The predicted molar refractivity (Wildman–Crippen MR) is 98.2 cm³/mol. The fourth-order valence-electron chi connectivity index (χ4n) is 3.77. The molecule has 26 heavy (non-hydrogen) atoms. The number of aryl methyl sites for hydroxylation is 1. The number of esters is 1. The number of aromatic amines is 1. The van der Waals surface area contributed by atoms with Gasteiger partial charge in [0, 0.05) is 17.4 Å². The SMILES string of the molecule is CCOC(=O)c1c(C)[nH]c([C@@H]2Nc3ccccc3C(=O)N2C2CC2)c1C. The van der Waals surface area contributed by atoms with Crippen molar-refractivity contribution >= 4 is 17.6 Å². The van der Waals surface area contributed by atoms with Crippen LogP contribution >= 0.6 is 0 Å². The summed E-state index contributed by atoms with van der Waals surface area (Å²) in [7, 11) is 0. The number of nitrogens with zero attached hydrogens (tertiary/aromatic N) is 1. The van der Waals surface area contributed by atoms with Gasteiger partial charge in [0.25, 0.3) is 5.91 Å². The van der Waals surface area contributed by atoms with E-state index in [-0.39, 0.29) is 24.1 Å². The van der Waals surface area contributed by atoms with E-state index in [1.807, 2.05) is 43.0 Å². The number of carbonyl (C=O) groups excluding carboxylic acids is 2. The van der Waals surface area contributed by atoms with E-state index < -0.39 is 0 Å². The van der Waals surface area contributed by atoms with Crippen LogP contribution in [0.2, 0.25) is 0 Å². The number of aromatic nitrogens is 1. The number of benzene rings is 1. The number of rotatable bonds is 4. The highest BCUT2D eigenvalue weighted by atomic mass is 16.5. The van der Waals surface area contributed by atoms with Crippen LogP contribution < -0.4 is 5.32 Å². The van der Waals surface area contributed by atoms with Gasteiger partial charge in [0.2, 0.25) is 0 Å². The second-order valence-electron chi connectivity index (χ2n) is 6.92. The molecule has 2 aromatic rings. The van der Waals surface area contributed by atoms with Crippen molar-refractivity contribution in [3.05, 3.63) is 52.3 Å². The predicted octanol–water partition coefficient (Wildman–Crippen LogP) is 3.54. The van der Waals surface area contributed by atoms with E-state index in [0.717, 1.165) is 35.5 Å². The van der Waals surface area contributed by atoms with Crippen molar-refractivity contribution in [3.63, 3.8) is 0 Å². The number of H-pyrrole nitrogens is 1. The van der Waals surface area contributed by atoms with Gasteiger partial charge in [-0.3, -0.25) is 4.79 Å². The van der Waals surface area contributed by atoms with Crippen molar-refractivity contribution in [1.82, 2.24) is 9.88 Å². The molecule has 6 heteroatoms. The van der Waals surface area contributed by atoms with E-state index in [2.05, 4.69) is 10.3 Å². The molecule has 2 heterocycles. The molecule has 0 radical (unpaired) electrons. The molecule has 1 saturated carbocycles. The van der Waals surface area contributed by atoms with Gasteiger partial charge in [-0.05, 0) is 51.3 Å². The molecule has 1 atom stereocenters. The Kier molecular flexibility index (Phi) is 3.98. The number of hydrogen-bond donors (Lipinski definition) is 2. The lowest BCUT2D eigenvalue weighted by Gasteiger charge is -2.38. The number of anilines is 1. The van der Waals surface area contributed by atoms with Crippen LogP contribution in [0.3, 0.4) is 0 Å². The summed E-state index contributed by atoms with van der Waals surface area (Å²) >= 11 is 0. The lowest BCUT2D eigenvalue weighted by atomic mass is 10.0. The largest absolute Gasteiger partial charge is 0.462 e. The molecule has 4 rings (SSSR count). The summed E-state index contributed by atoms with van der Waals surface area (Å²) in [5.74, 6) is -0.290. The third-order valence-electron chi connectivity index (χ3n) is 5.13. The molecule has 1 aliphatic heterocycles. The van der Waals surface area contributed by atoms with Gasteiger partial charge in [-0.25, -0.2) is 4.79 Å². The van der Waals surface area contributed by atoms with Crippen molar-refractivity contribution in [2.45, 2.75) is 45.8 Å². The third kappa shape index (κ3) is 2.57. The van der Waals surface area contributed by atoms with Crippen molar-refractivity contribution in [1.29, 1.82) is 0 Å². The molecule has 1 aromatic heterocycles. The van der Waals surface area contributed by atoms with Crippen molar-refractivity contribution in [2.24, 2.45) is 0 Å². The minimum atomic E-state index is -0.328. The molecule has 1 aromatic carbocycles. The van der Waals surface area contributed by atoms with Crippen LogP contribution in [0.4, 0.5) is 5.69 Å². The summed E-state index contributed by atoms with van der Waals surface area (Å²) in [6.07, 6.45) is 1.71. The first kappa shape index (κ1) is 16.7. The van der Waals surface area contributed by atoms with Crippen LogP contribution in [0.15, 0.2) is 24.3 Å². The molecule has 0 unspecified atom stereocenters. The number of carbonyl (C=O) groups is 2. The first-order valence-corrected chi connectivity index (χ1v) is 9.07. The third-order valence-corrected chi connectivity index (χ3v) is 5.13. The van der Waals surface area contributed by atoms with Gasteiger partial charge in [-0.1, -0.05) is 12.1 Å². The zero-order chi connectivity index (χ0) is 18.4. The fraction of sp³-hybridized carbons (Fsp3) is 0.400. The second-order valence-corrected chi connectivity index (χ2v) is 6.92. The van der Waals surface area contributed by atoms with Gasteiger partial charge >= 0.3 is 5.97 Å². The molecular formula is C20H23N3O3. The number of amides is 1. The van der Waals surface area contributed by atoms with Crippen molar-refractivity contribution in [3.8, 4) is 0 Å². The van der Waals surface area contributed by atoms with Gasteiger partial charge in [-0.2, -0.15) is 0 Å². The summed E-state index contributed by atoms with van der Waals surface area (Å²) < 4.78 is 5.19. The zero-order valence-electron chi connectivity index (χ0n) is 15.3. The van der Waals surface area contributed by atoms with E-state index in [1.54, 1.807) is 6.92 Å². The van der Waals surface area contributed by atoms with Crippen LogP contribution in [-0.4, -0.2) is 34.4 Å². The van der Waals surface area contributed by atoms with Crippen LogP contribution in [-0.2, 0) is 4.74 Å². The van der Waals surface area contributed by atoms with Crippen LogP contribution in [0, 0.1) is 13.8 Å². The number of hydrogen-bond acceptors (Lipinski definition) is 4. The summed E-state index contributed by atoms with van der Waals surface area (Å²) in [6, 6.07) is 7.81. The lowest BCUT2D eigenvalue weighted by molar-refractivity contribution is 0.0524. The average molecular weight is 353 g/mol. The molecule has 0 spiro atoms.